The Morgan fingerprint density at radius 3 is 2.65 bits per heavy atom. The second kappa shape index (κ2) is 5.73. The van der Waals surface area contributed by atoms with Crippen molar-refractivity contribution in [3.63, 3.8) is 0 Å². The Kier molecular flexibility index (Phi) is 3.70. The molecule has 3 nitrogen and oxygen atoms in total. The molecule has 4 heteroatoms. The van der Waals surface area contributed by atoms with Crippen molar-refractivity contribution >= 4 is 11.6 Å². The van der Waals surface area contributed by atoms with Gasteiger partial charge in [0.1, 0.15) is 0 Å². The third kappa shape index (κ3) is 2.68. The van der Waals surface area contributed by atoms with Gasteiger partial charge < -0.3 is 14.8 Å². The van der Waals surface area contributed by atoms with E-state index in [1.54, 1.807) is 0 Å². The molecule has 2 aromatic rings. The van der Waals surface area contributed by atoms with Gasteiger partial charge in [-0.15, -0.1) is 0 Å². The lowest BCUT2D eigenvalue weighted by atomic mass is 9.96. The molecule has 0 aliphatic carbocycles. The van der Waals surface area contributed by atoms with Crippen molar-refractivity contribution < 1.29 is 9.47 Å². The Labute approximate surface area is 141 Å². The SMILES string of the molecule is C[C@@]1(c2ccc(Cl)cc2)Oc2cccc(C3CCCCN3)c2O1. The summed E-state index contributed by atoms with van der Waals surface area (Å²) in [5.41, 5.74) is 2.15. The normalized spacial score (nSPS) is 26.3. The Bertz CT molecular complexity index is 710. The van der Waals surface area contributed by atoms with Crippen LogP contribution < -0.4 is 14.8 Å². The molecule has 2 aromatic carbocycles. The summed E-state index contributed by atoms with van der Waals surface area (Å²) in [6, 6.07) is 14.1. The van der Waals surface area contributed by atoms with Crippen molar-refractivity contribution in [2.75, 3.05) is 6.54 Å². The number of rotatable bonds is 2. The minimum Gasteiger partial charge on any atom is -0.445 e. The second-order valence-corrected chi connectivity index (χ2v) is 6.77. The molecule has 0 radical (unpaired) electrons. The number of benzene rings is 2. The summed E-state index contributed by atoms with van der Waals surface area (Å²) in [6.45, 7) is 3.01. The first-order chi connectivity index (χ1) is 11.2. The van der Waals surface area contributed by atoms with Crippen LogP contribution in [0.1, 0.15) is 43.4 Å². The van der Waals surface area contributed by atoms with Gasteiger partial charge in [0.2, 0.25) is 0 Å². The molecule has 0 amide bonds. The van der Waals surface area contributed by atoms with E-state index in [1.165, 1.54) is 18.4 Å². The lowest BCUT2D eigenvalue weighted by Gasteiger charge is -2.26. The summed E-state index contributed by atoms with van der Waals surface area (Å²) < 4.78 is 12.5. The molecule has 2 heterocycles. The molecule has 23 heavy (non-hydrogen) atoms. The first-order valence-electron chi connectivity index (χ1n) is 8.16. The summed E-state index contributed by atoms with van der Waals surface area (Å²) >= 11 is 5.99. The van der Waals surface area contributed by atoms with Crippen LogP contribution in [0, 0.1) is 0 Å². The summed E-state index contributed by atoms with van der Waals surface area (Å²) in [7, 11) is 0. The molecule has 1 N–H and O–H groups in total. The van der Waals surface area contributed by atoms with E-state index in [4.69, 9.17) is 21.1 Å². The summed E-state index contributed by atoms with van der Waals surface area (Å²) in [6.07, 6.45) is 3.62. The maximum atomic E-state index is 6.30. The average Bonchev–Trinajstić information content (AvgIpc) is 2.93. The fraction of sp³-hybridized carbons (Fsp3) is 0.368. The lowest BCUT2D eigenvalue weighted by Crippen LogP contribution is -2.32. The van der Waals surface area contributed by atoms with Crippen molar-refractivity contribution in [1.29, 1.82) is 0 Å². The average molecular weight is 330 g/mol. The molecular weight excluding hydrogens is 310 g/mol. The maximum absolute atomic E-state index is 6.30. The smallest absolute Gasteiger partial charge is 0.275 e. The molecular formula is C19H20ClNO2. The van der Waals surface area contributed by atoms with Crippen LogP contribution in [-0.4, -0.2) is 6.54 Å². The highest BCUT2D eigenvalue weighted by Crippen LogP contribution is 2.48. The van der Waals surface area contributed by atoms with Crippen LogP contribution in [-0.2, 0) is 5.79 Å². The number of hydrogen-bond acceptors (Lipinski definition) is 3. The fourth-order valence-corrected chi connectivity index (χ4v) is 3.54. The summed E-state index contributed by atoms with van der Waals surface area (Å²) in [5.74, 6) is 0.870. The Morgan fingerprint density at radius 2 is 1.91 bits per heavy atom. The number of fused-ring (bicyclic) bond motifs is 1. The van der Waals surface area contributed by atoms with Crippen LogP contribution in [0.25, 0.3) is 0 Å². The van der Waals surface area contributed by atoms with Crippen molar-refractivity contribution in [3.8, 4) is 11.5 Å². The zero-order valence-corrected chi connectivity index (χ0v) is 13.9. The molecule has 1 unspecified atom stereocenters. The standard InChI is InChI=1S/C19H20ClNO2/c1-19(13-8-10-14(20)11-9-13)22-17-7-4-5-15(18(17)23-19)16-6-2-3-12-21-16/h4-5,7-11,16,21H,2-3,6,12H2,1H3/t16?,19-/m1/s1. The number of nitrogens with one attached hydrogen (secondary N) is 1. The Balaban J connectivity index is 1.67. The van der Waals surface area contributed by atoms with E-state index in [9.17, 15) is 0 Å². The van der Waals surface area contributed by atoms with E-state index in [0.29, 0.717) is 11.1 Å². The van der Waals surface area contributed by atoms with Crippen molar-refractivity contribution in [2.45, 2.75) is 38.0 Å². The third-order valence-electron chi connectivity index (χ3n) is 4.67. The molecule has 2 aliphatic heterocycles. The predicted octanol–water partition coefficient (Wildman–Crippen LogP) is 4.80. The summed E-state index contributed by atoms with van der Waals surface area (Å²) in [5, 5.41) is 4.29. The van der Waals surface area contributed by atoms with Crippen LogP contribution in [0.3, 0.4) is 0 Å². The van der Waals surface area contributed by atoms with Crippen LogP contribution in [0.15, 0.2) is 42.5 Å². The van der Waals surface area contributed by atoms with E-state index in [0.717, 1.165) is 30.0 Å². The second-order valence-electron chi connectivity index (χ2n) is 6.33. The molecule has 2 atom stereocenters. The van der Waals surface area contributed by atoms with E-state index in [2.05, 4.69) is 11.4 Å². The number of halogens is 1. The van der Waals surface area contributed by atoms with Gasteiger partial charge in [0.05, 0.1) is 0 Å². The van der Waals surface area contributed by atoms with Crippen LogP contribution >= 0.6 is 11.6 Å². The Morgan fingerprint density at radius 1 is 1.09 bits per heavy atom. The van der Waals surface area contributed by atoms with Crippen LogP contribution in [0.4, 0.5) is 0 Å². The molecule has 2 aliphatic rings. The van der Waals surface area contributed by atoms with Gasteiger partial charge in [-0.2, -0.15) is 0 Å². The number of para-hydroxylation sites is 1. The van der Waals surface area contributed by atoms with E-state index >= 15 is 0 Å². The highest BCUT2D eigenvalue weighted by Gasteiger charge is 2.40. The van der Waals surface area contributed by atoms with Crippen molar-refractivity contribution in [2.24, 2.45) is 0 Å². The first kappa shape index (κ1) is 14.9. The van der Waals surface area contributed by atoms with Gasteiger partial charge >= 0.3 is 0 Å². The highest BCUT2D eigenvalue weighted by atomic mass is 35.5. The monoisotopic (exact) mass is 329 g/mol. The molecule has 0 bridgehead atoms. The molecule has 120 valence electrons. The van der Waals surface area contributed by atoms with Gasteiger partial charge in [0.15, 0.2) is 11.5 Å². The first-order valence-corrected chi connectivity index (χ1v) is 8.54. The number of piperidine rings is 1. The van der Waals surface area contributed by atoms with E-state index in [1.807, 2.05) is 43.3 Å². The quantitative estimate of drug-likeness (QED) is 0.858. The molecule has 0 spiro atoms. The molecule has 1 fully saturated rings. The minimum absolute atomic E-state index is 0.342. The van der Waals surface area contributed by atoms with E-state index in [-0.39, 0.29) is 0 Å². The highest BCUT2D eigenvalue weighted by molar-refractivity contribution is 6.30. The number of ether oxygens (including phenoxy) is 2. The molecule has 0 aromatic heterocycles. The summed E-state index contributed by atoms with van der Waals surface area (Å²) in [4.78, 5) is 0. The third-order valence-corrected chi connectivity index (χ3v) is 4.92. The van der Waals surface area contributed by atoms with Gasteiger partial charge in [-0.25, -0.2) is 0 Å². The van der Waals surface area contributed by atoms with Gasteiger partial charge in [-0.1, -0.05) is 30.2 Å². The minimum atomic E-state index is -0.808. The van der Waals surface area contributed by atoms with Gasteiger partial charge in [0, 0.05) is 29.1 Å². The van der Waals surface area contributed by atoms with Crippen LogP contribution in [0.5, 0.6) is 11.5 Å². The van der Waals surface area contributed by atoms with Crippen molar-refractivity contribution in [1.82, 2.24) is 5.32 Å². The lowest BCUT2D eigenvalue weighted by molar-refractivity contribution is -0.0685. The fourth-order valence-electron chi connectivity index (χ4n) is 3.41. The number of hydrogen-bond donors (Lipinski definition) is 1. The van der Waals surface area contributed by atoms with Crippen LogP contribution in [0.2, 0.25) is 5.02 Å². The zero-order chi connectivity index (χ0) is 15.9. The van der Waals surface area contributed by atoms with Gasteiger partial charge in [-0.3, -0.25) is 0 Å². The van der Waals surface area contributed by atoms with Gasteiger partial charge in [-0.05, 0) is 49.7 Å². The van der Waals surface area contributed by atoms with Crippen molar-refractivity contribution in [3.05, 3.63) is 58.6 Å². The van der Waals surface area contributed by atoms with Gasteiger partial charge in [0.25, 0.3) is 5.79 Å². The predicted molar refractivity (Wildman–Crippen MR) is 91.1 cm³/mol. The Hall–Kier alpha value is -1.71. The zero-order valence-electron chi connectivity index (χ0n) is 13.1. The van der Waals surface area contributed by atoms with E-state index < -0.39 is 5.79 Å². The largest absolute Gasteiger partial charge is 0.445 e. The maximum Gasteiger partial charge on any atom is 0.275 e. The topological polar surface area (TPSA) is 30.5 Å². The molecule has 4 rings (SSSR count). The molecule has 0 saturated carbocycles. The molecule has 1 saturated heterocycles.